The van der Waals surface area contributed by atoms with E-state index in [9.17, 15) is 9.59 Å². The van der Waals surface area contributed by atoms with Gasteiger partial charge < -0.3 is 11.1 Å². The summed E-state index contributed by atoms with van der Waals surface area (Å²) in [5, 5.41) is 2.70. The van der Waals surface area contributed by atoms with Crippen molar-refractivity contribution in [3.8, 4) is 0 Å². The third kappa shape index (κ3) is 24.8. The quantitative estimate of drug-likeness (QED) is 0.196. The van der Waals surface area contributed by atoms with Crippen molar-refractivity contribution >= 4 is 11.9 Å². The van der Waals surface area contributed by atoms with Gasteiger partial charge in [0.1, 0.15) is 0 Å². The van der Waals surface area contributed by atoms with E-state index in [1.807, 2.05) is 0 Å². The van der Waals surface area contributed by atoms with Crippen LogP contribution in [0.1, 0.15) is 84.5 Å². The van der Waals surface area contributed by atoms with Gasteiger partial charge in [-0.15, -0.1) is 0 Å². The second kappa shape index (κ2) is 23.6. The first-order valence-electron chi connectivity index (χ1n) is 10.0. The first-order chi connectivity index (χ1) is 12.6. The van der Waals surface area contributed by atoms with Crippen molar-refractivity contribution in [2.45, 2.75) is 84.5 Å². The number of nitrogens with two attached hydrogens (primary N) is 1. The second-order valence-electron chi connectivity index (χ2n) is 6.16. The zero-order valence-electron chi connectivity index (χ0n) is 17.1. The van der Waals surface area contributed by atoms with Gasteiger partial charge in [-0.2, -0.15) is 4.89 Å². The summed E-state index contributed by atoms with van der Waals surface area (Å²) in [5.74, 6) is -0.996. The van der Waals surface area contributed by atoms with Gasteiger partial charge in [-0.3, -0.25) is 9.68 Å². The Balaban J connectivity index is 0. The monoisotopic (exact) mass is 372 g/mol. The first kappa shape index (κ1) is 26.8. The van der Waals surface area contributed by atoms with E-state index in [1.54, 1.807) is 0 Å². The van der Waals surface area contributed by atoms with Crippen LogP contribution in [0.4, 0.5) is 0 Å². The molecule has 0 aromatic rings. The Morgan fingerprint density at radius 3 is 1.92 bits per heavy atom. The largest absolute Gasteiger partial charge is 0.366 e. The average molecular weight is 373 g/mol. The number of carbonyl (C=O) groups is 2. The molecule has 0 aliphatic rings. The number of unbranched alkanes of at least 4 members (excludes halogenated alkanes) is 9. The zero-order chi connectivity index (χ0) is 19.9. The molecule has 6 heteroatoms. The highest BCUT2D eigenvalue weighted by Gasteiger charge is 1.99. The van der Waals surface area contributed by atoms with Gasteiger partial charge in [-0.25, -0.2) is 4.79 Å². The number of amides is 1. The van der Waals surface area contributed by atoms with Gasteiger partial charge in [0.2, 0.25) is 5.91 Å². The molecule has 1 amide bonds. The maximum atomic E-state index is 11.2. The molecule has 0 saturated heterocycles. The Labute approximate surface area is 159 Å². The molecule has 0 saturated carbocycles. The highest BCUT2D eigenvalue weighted by atomic mass is 17.2. The molecule has 154 valence electrons. The molecule has 0 atom stereocenters. The van der Waals surface area contributed by atoms with Gasteiger partial charge in [0.15, 0.2) is 0 Å². The molecule has 6 nitrogen and oxygen atoms in total. The van der Waals surface area contributed by atoms with Crippen LogP contribution in [0.15, 0.2) is 12.2 Å². The van der Waals surface area contributed by atoms with Gasteiger partial charge in [-0.1, -0.05) is 71.6 Å². The molecule has 0 bridgehead atoms. The van der Waals surface area contributed by atoms with Crippen LogP contribution in [0.25, 0.3) is 0 Å². The van der Waals surface area contributed by atoms with Crippen molar-refractivity contribution in [3.05, 3.63) is 12.2 Å². The molecule has 0 aliphatic heterocycles. The molecular formula is C20H40N2O4. The van der Waals surface area contributed by atoms with E-state index in [0.717, 1.165) is 31.5 Å². The van der Waals surface area contributed by atoms with E-state index in [1.165, 1.54) is 64.9 Å². The standard InChI is InChI=1S/C13H23NO4.C7H17N/c1-3-4-5-6-7-8-11-14-12(15)9-10-13(16)18-17-2;1-2-3-4-5-6-7-8/h9-10H,3-8,11H2,1-2H3,(H,14,15);2-8H2,1H3/b10-9-;. The van der Waals surface area contributed by atoms with Crippen molar-refractivity contribution in [2.75, 3.05) is 20.2 Å². The predicted octanol–water partition coefficient (Wildman–Crippen LogP) is 4.04. The Hall–Kier alpha value is -1.40. The van der Waals surface area contributed by atoms with Crippen molar-refractivity contribution < 1.29 is 19.4 Å². The first-order valence-corrected chi connectivity index (χ1v) is 10.0. The van der Waals surface area contributed by atoms with E-state index < -0.39 is 5.97 Å². The van der Waals surface area contributed by atoms with Crippen LogP contribution >= 0.6 is 0 Å². The minimum Gasteiger partial charge on any atom is -0.353 e. The van der Waals surface area contributed by atoms with Gasteiger partial charge in [-0.05, 0) is 19.4 Å². The minimum absolute atomic E-state index is 0.295. The highest BCUT2D eigenvalue weighted by Crippen LogP contribution is 2.04. The number of hydrogen-bond donors (Lipinski definition) is 2. The highest BCUT2D eigenvalue weighted by molar-refractivity contribution is 5.94. The second-order valence-corrected chi connectivity index (χ2v) is 6.16. The van der Waals surface area contributed by atoms with Gasteiger partial charge >= 0.3 is 5.97 Å². The summed E-state index contributed by atoms with van der Waals surface area (Å²) in [6.07, 6.45) is 15.8. The molecule has 0 aliphatic carbocycles. The van der Waals surface area contributed by atoms with Gasteiger partial charge in [0, 0.05) is 18.7 Å². The molecule has 0 rings (SSSR count). The van der Waals surface area contributed by atoms with Crippen LogP contribution in [0, 0.1) is 0 Å². The Bertz CT molecular complexity index is 341. The maximum absolute atomic E-state index is 11.2. The van der Waals surface area contributed by atoms with Crippen molar-refractivity contribution in [3.63, 3.8) is 0 Å². The fourth-order valence-electron chi connectivity index (χ4n) is 2.18. The summed E-state index contributed by atoms with van der Waals surface area (Å²) in [6, 6.07) is 0. The van der Waals surface area contributed by atoms with Gasteiger partial charge in [0.05, 0.1) is 7.11 Å². The van der Waals surface area contributed by atoms with Crippen LogP contribution in [-0.2, 0) is 19.4 Å². The molecule has 0 unspecified atom stereocenters. The summed E-state index contributed by atoms with van der Waals surface area (Å²) in [4.78, 5) is 30.4. The van der Waals surface area contributed by atoms with Crippen molar-refractivity contribution in [2.24, 2.45) is 5.73 Å². The Morgan fingerprint density at radius 2 is 1.38 bits per heavy atom. The number of nitrogens with one attached hydrogen (secondary N) is 1. The smallest absolute Gasteiger partial charge is 0.353 e. The molecule has 0 spiro atoms. The van der Waals surface area contributed by atoms with E-state index in [0.29, 0.717) is 6.54 Å². The molecule has 0 heterocycles. The third-order valence-corrected chi connectivity index (χ3v) is 3.67. The van der Waals surface area contributed by atoms with Crippen LogP contribution in [-0.4, -0.2) is 32.1 Å². The lowest BCUT2D eigenvalue weighted by atomic mass is 10.1. The lowest BCUT2D eigenvalue weighted by Gasteiger charge is -2.02. The summed E-state index contributed by atoms with van der Waals surface area (Å²) in [7, 11) is 1.23. The fourth-order valence-corrected chi connectivity index (χ4v) is 2.18. The number of hydrogen-bond acceptors (Lipinski definition) is 5. The predicted molar refractivity (Wildman–Crippen MR) is 106 cm³/mol. The topological polar surface area (TPSA) is 90.7 Å². The summed E-state index contributed by atoms with van der Waals surface area (Å²) < 4.78 is 0. The number of carbonyl (C=O) groups excluding carboxylic acids is 2. The van der Waals surface area contributed by atoms with E-state index in [2.05, 4.69) is 28.9 Å². The molecule has 0 radical (unpaired) electrons. The Kier molecular flexibility index (Phi) is 24.3. The lowest BCUT2D eigenvalue weighted by molar-refractivity contribution is -0.249. The molecule has 0 aromatic heterocycles. The molecule has 26 heavy (non-hydrogen) atoms. The lowest BCUT2D eigenvalue weighted by Crippen LogP contribution is -2.22. The average Bonchev–Trinajstić information content (AvgIpc) is 2.64. The van der Waals surface area contributed by atoms with E-state index in [4.69, 9.17) is 5.73 Å². The van der Waals surface area contributed by atoms with Crippen LogP contribution in [0.2, 0.25) is 0 Å². The maximum Gasteiger partial charge on any atom is 0.366 e. The Morgan fingerprint density at radius 1 is 0.846 bits per heavy atom. The normalized spacial score (nSPS) is 10.3. The zero-order valence-corrected chi connectivity index (χ0v) is 17.1. The summed E-state index contributed by atoms with van der Waals surface area (Å²) in [5.41, 5.74) is 5.31. The van der Waals surface area contributed by atoms with Gasteiger partial charge in [0.25, 0.3) is 0 Å². The fraction of sp³-hybridized carbons (Fsp3) is 0.800. The minimum atomic E-state index is -0.702. The van der Waals surface area contributed by atoms with Crippen LogP contribution in [0.3, 0.4) is 0 Å². The molecule has 0 aromatic carbocycles. The van der Waals surface area contributed by atoms with E-state index in [-0.39, 0.29) is 5.91 Å². The van der Waals surface area contributed by atoms with Crippen LogP contribution < -0.4 is 11.1 Å². The van der Waals surface area contributed by atoms with Crippen molar-refractivity contribution in [1.29, 1.82) is 0 Å². The van der Waals surface area contributed by atoms with E-state index >= 15 is 0 Å². The van der Waals surface area contributed by atoms with Crippen molar-refractivity contribution in [1.82, 2.24) is 5.32 Å². The number of rotatable bonds is 15. The third-order valence-electron chi connectivity index (χ3n) is 3.67. The molecule has 0 fully saturated rings. The SMILES string of the molecule is CCCCCCCCNC(=O)/C=C\C(=O)OOC.CCCCCCCN. The summed E-state index contributed by atoms with van der Waals surface area (Å²) >= 11 is 0. The van der Waals surface area contributed by atoms with Crippen LogP contribution in [0.5, 0.6) is 0 Å². The summed E-state index contributed by atoms with van der Waals surface area (Å²) in [6.45, 7) is 5.90. The molecular weight excluding hydrogens is 332 g/mol. The molecule has 3 N–H and O–H groups in total.